The summed E-state index contributed by atoms with van der Waals surface area (Å²) in [4.78, 5) is 0. The van der Waals surface area contributed by atoms with Crippen molar-refractivity contribution in [1.29, 1.82) is 0 Å². The summed E-state index contributed by atoms with van der Waals surface area (Å²) < 4.78 is 0. The van der Waals surface area contributed by atoms with Gasteiger partial charge in [-0.3, -0.25) is 0 Å². The molecule has 1 unspecified atom stereocenters. The second kappa shape index (κ2) is 2.44. The van der Waals surface area contributed by atoms with Gasteiger partial charge in [-0.05, 0) is 13.5 Å². The van der Waals surface area contributed by atoms with Crippen LogP contribution in [0.5, 0.6) is 0 Å². The van der Waals surface area contributed by atoms with Gasteiger partial charge in [0.25, 0.3) is 0 Å². The summed E-state index contributed by atoms with van der Waals surface area (Å²) in [6.07, 6.45) is 0. The fraction of sp³-hybridized carbons (Fsp3) is 1.00. The van der Waals surface area contributed by atoms with Gasteiger partial charge in [0.05, 0.1) is 0 Å². The molecular weight excluding hydrogens is 104 g/mol. The maximum Gasteiger partial charge on any atom is 0.0157 e. The fourth-order valence-electron chi connectivity index (χ4n) is 0.897. The van der Waals surface area contributed by atoms with Gasteiger partial charge >= 0.3 is 0 Å². The fourth-order valence-corrected chi connectivity index (χ4v) is 0.897. The van der Waals surface area contributed by atoms with Gasteiger partial charge in [-0.1, -0.05) is 0 Å². The van der Waals surface area contributed by atoms with Crippen LogP contribution in [0.15, 0.2) is 0 Å². The summed E-state index contributed by atoms with van der Waals surface area (Å²) in [6, 6.07) is 0.376. The smallest absolute Gasteiger partial charge is 0.0157 e. The van der Waals surface area contributed by atoms with E-state index in [4.69, 9.17) is 0 Å². The van der Waals surface area contributed by atoms with Crippen LogP contribution >= 0.6 is 0 Å². The standard InChI is InChI=1S/C5H11N2O/c1-5-4-7(8)3-2-6-5/h5-6H,2-4H2,1H3/q-1. The minimum atomic E-state index is 0.376. The van der Waals surface area contributed by atoms with Crippen LogP contribution in [0.4, 0.5) is 0 Å². The van der Waals surface area contributed by atoms with Gasteiger partial charge in [-0.2, -0.15) is 0 Å². The molecule has 8 heavy (non-hydrogen) atoms. The molecule has 1 fully saturated rings. The van der Waals surface area contributed by atoms with Crippen molar-refractivity contribution >= 4 is 0 Å². The van der Waals surface area contributed by atoms with E-state index in [1.165, 1.54) is 0 Å². The molecule has 0 aromatic heterocycles. The van der Waals surface area contributed by atoms with Crippen LogP contribution in [-0.4, -0.2) is 30.7 Å². The molecule has 1 atom stereocenters. The highest BCUT2D eigenvalue weighted by molar-refractivity contribution is 4.74. The van der Waals surface area contributed by atoms with Gasteiger partial charge in [0.1, 0.15) is 0 Å². The molecule has 3 nitrogen and oxygen atoms in total. The zero-order valence-electron chi connectivity index (χ0n) is 5.05. The Balaban J connectivity index is 2.23. The van der Waals surface area contributed by atoms with Gasteiger partial charge in [0.2, 0.25) is 0 Å². The molecule has 0 radical (unpaired) electrons. The number of hydroxylamine groups is 2. The highest BCUT2D eigenvalue weighted by atomic mass is 16.5. The van der Waals surface area contributed by atoms with E-state index in [-0.39, 0.29) is 0 Å². The number of hydrogen-bond acceptors (Lipinski definition) is 3. The Labute approximate surface area is 49.3 Å². The third-order valence-electron chi connectivity index (χ3n) is 1.33. The zero-order valence-corrected chi connectivity index (χ0v) is 5.05. The van der Waals surface area contributed by atoms with Gasteiger partial charge < -0.3 is 15.6 Å². The summed E-state index contributed by atoms with van der Waals surface area (Å²) in [5.74, 6) is 0. The van der Waals surface area contributed by atoms with Crippen molar-refractivity contribution in [3.05, 3.63) is 5.21 Å². The average molecular weight is 115 g/mol. The van der Waals surface area contributed by atoms with Gasteiger partial charge in [-0.15, -0.1) is 0 Å². The maximum absolute atomic E-state index is 10.6. The molecule has 0 aliphatic carbocycles. The van der Waals surface area contributed by atoms with Crippen molar-refractivity contribution in [3.63, 3.8) is 0 Å². The van der Waals surface area contributed by atoms with E-state index < -0.39 is 0 Å². The molecule has 0 saturated carbocycles. The molecule has 1 heterocycles. The third-order valence-corrected chi connectivity index (χ3v) is 1.33. The Hall–Kier alpha value is -0.120. The van der Waals surface area contributed by atoms with Crippen LogP contribution in [0.3, 0.4) is 0 Å². The van der Waals surface area contributed by atoms with Crippen molar-refractivity contribution in [2.75, 3.05) is 19.6 Å². The predicted molar refractivity (Wildman–Crippen MR) is 32.4 cm³/mol. The lowest BCUT2D eigenvalue weighted by Crippen LogP contribution is -2.46. The number of piperazine rings is 1. The Morgan fingerprint density at radius 2 is 2.50 bits per heavy atom. The van der Waals surface area contributed by atoms with Gasteiger partial charge in [-0.25, -0.2) is 0 Å². The Kier molecular flexibility index (Phi) is 1.83. The second-order valence-corrected chi connectivity index (χ2v) is 2.24. The van der Waals surface area contributed by atoms with Crippen LogP contribution in [0, 0.1) is 5.21 Å². The van der Waals surface area contributed by atoms with E-state index in [0.29, 0.717) is 19.1 Å². The Morgan fingerprint density at radius 1 is 1.75 bits per heavy atom. The summed E-state index contributed by atoms with van der Waals surface area (Å²) in [5, 5.41) is 14.8. The molecule has 0 spiro atoms. The first kappa shape index (κ1) is 6.01. The number of nitrogens with one attached hydrogen (secondary N) is 1. The van der Waals surface area contributed by atoms with E-state index in [2.05, 4.69) is 5.32 Å². The predicted octanol–water partition coefficient (Wildman–Crippen LogP) is -0.222. The second-order valence-electron chi connectivity index (χ2n) is 2.24. The molecule has 0 aromatic rings. The molecule has 0 aromatic carbocycles. The summed E-state index contributed by atoms with van der Waals surface area (Å²) in [7, 11) is 0. The quantitative estimate of drug-likeness (QED) is 0.474. The topological polar surface area (TPSA) is 38.3 Å². The zero-order chi connectivity index (χ0) is 5.98. The van der Waals surface area contributed by atoms with E-state index in [1.807, 2.05) is 6.92 Å². The van der Waals surface area contributed by atoms with Crippen molar-refractivity contribution < 1.29 is 0 Å². The lowest BCUT2D eigenvalue weighted by Gasteiger charge is -2.36. The molecule has 3 heteroatoms. The molecule has 1 rings (SSSR count). The highest BCUT2D eigenvalue weighted by Crippen LogP contribution is 1.93. The van der Waals surface area contributed by atoms with Crippen LogP contribution in [0.1, 0.15) is 6.92 Å². The molecule has 1 saturated heterocycles. The first-order chi connectivity index (χ1) is 3.79. The number of rotatable bonds is 0. The summed E-state index contributed by atoms with van der Waals surface area (Å²) in [5.41, 5.74) is 0. The molecular formula is C5H11N2O-. The normalized spacial score (nSPS) is 33.0. The Morgan fingerprint density at radius 3 is 2.88 bits per heavy atom. The first-order valence-electron chi connectivity index (χ1n) is 2.94. The monoisotopic (exact) mass is 115 g/mol. The molecule has 48 valence electrons. The molecule has 1 aliphatic rings. The average Bonchev–Trinajstić information content (AvgIpc) is 1.64. The minimum absolute atomic E-state index is 0.376. The third kappa shape index (κ3) is 1.43. The molecule has 0 bridgehead atoms. The SMILES string of the molecule is CC1CN([O-])CCN1. The van der Waals surface area contributed by atoms with Crippen molar-refractivity contribution in [3.8, 4) is 0 Å². The van der Waals surface area contributed by atoms with Crippen LogP contribution in [-0.2, 0) is 0 Å². The van der Waals surface area contributed by atoms with Gasteiger partial charge in [0.15, 0.2) is 0 Å². The van der Waals surface area contributed by atoms with Crippen molar-refractivity contribution in [2.45, 2.75) is 13.0 Å². The summed E-state index contributed by atoms with van der Waals surface area (Å²) in [6.45, 7) is 4.14. The summed E-state index contributed by atoms with van der Waals surface area (Å²) >= 11 is 0. The lowest BCUT2D eigenvalue weighted by molar-refractivity contribution is 0.277. The maximum atomic E-state index is 10.6. The highest BCUT2D eigenvalue weighted by Gasteiger charge is 2.06. The molecule has 1 aliphatic heterocycles. The minimum Gasteiger partial charge on any atom is -0.785 e. The first-order valence-corrected chi connectivity index (χ1v) is 2.94. The Bertz CT molecular complexity index is 68.8. The van der Waals surface area contributed by atoms with E-state index in [0.717, 1.165) is 11.6 Å². The van der Waals surface area contributed by atoms with E-state index in [9.17, 15) is 5.21 Å². The largest absolute Gasteiger partial charge is 0.785 e. The van der Waals surface area contributed by atoms with Crippen molar-refractivity contribution in [1.82, 2.24) is 10.4 Å². The molecule has 0 amide bonds. The van der Waals surface area contributed by atoms with Crippen LogP contribution < -0.4 is 5.32 Å². The molecule has 1 N–H and O–H groups in total. The number of nitrogens with zero attached hydrogens (tertiary/aromatic N) is 1. The van der Waals surface area contributed by atoms with Gasteiger partial charge in [0, 0.05) is 19.1 Å². The number of hydrogen-bond donors (Lipinski definition) is 1. The van der Waals surface area contributed by atoms with E-state index in [1.54, 1.807) is 0 Å². The van der Waals surface area contributed by atoms with Crippen LogP contribution in [0.2, 0.25) is 0 Å². The van der Waals surface area contributed by atoms with Crippen LogP contribution in [0.25, 0.3) is 0 Å². The van der Waals surface area contributed by atoms with Crippen molar-refractivity contribution in [2.24, 2.45) is 0 Å². The lowest BCUT2D eigenvalue weighted by atomic mass is 10.3. The van der Waals surface area contributed by atoms with E-state index >= 15 is 0 Å².